The van der Waals surface area contributed by atoms with Crippen LogP contribution in [0.4, 0.5) is 5.82 Å². The van der Waals surface area contributed by atoms with Crippen LogP contribution in [-0.4, -0.2) is 15.0 Å². The van der Waals surface area contributed by atoms with Gasteiger partial charge in [-0.15, -0.1) is 0 Å². The molecule has 2 N–H and O–H groups in total. The number of pyridine rings is 1. The molecule has 5 heteroatoms. The summed E-state index contributed by atoms with van der Waals surface area (Å²) in [6, 6.07) is 12.4. The normalized spacial score (nSPS) is 17.2. The third-order valence-corrected chi connectivity index (χ3v) is 4.18. The van der Waals surface area contributed by atoms with Gasteiger partial charge in [-0.25, -0.2) is 9.78 Å². The highest BCUT2D eigenvalue weighted by molar-refractivity contribution is 5.86. The van der Waals surface area contributed by atoms with Gasteiger partial charge in [-0.1, -0.05) is 24.3 Å². The number of aromatic amines is 1. The monoisotopic (exact) mass is 292 g/mol. The topological polar surface area (TPSA) is 70.7 Å². The average Bonchev–Trinajstić information content (AvgIpc) is 2.55. The van der Waals surface area contributed by atoms with Gasteiger partial charge >= 0.3 is 5.69 Å². The van der Waals surface area contributed by atoms with Crippen molar-refractivity contribution in [3.8, 4) is 0 Å². The molecule has 0 saturated carbocycles. The second-order valence-corrected chi connectivity index (χ2v) is 5.58. The van der Waals surface area contributed by atoms with Crippen LogP contribution < -0.4 is 11.0 Å². The van der Waals surface area contributed by atoms with Gasteiger partial charge in [0, 0.05) is 6.20 Å². The number of hydrogen-bond donors (Lipinski definition) is 2. The molecule has 0 fully saturated rings. The van der Waals surface area contributed by atoms with Crippen molar-refractivity contribution in [3.05, 3.63) is 64.2 Å². The molecule has 0 unspecified atom stereocenters. The first-order valence-electron chi connectivity index (χ1n) is 7.50. The summed E-state index contributed by atoms with van der Waals surface area (Å²) in [4.78, 5) is 22.7. The molecule has 1 aliphatic rings. The smallest absolute Gasteiger partial charge is 0.348 e. The molecular weight excluding hydrogens is 276 g/mol. The van der Waals surface area contributed by atoms with Crippen LogP contribution in [0.2, 0.25) is 0 Å². The van der Waals surface area contributed by atoms with E-state index in [1.807, 2.05) is 12.1 Å². The predicted octanol–water partition coefficient (Wildman–Crippen LogP) is 2.81. The maximum Gasteiger partial charge on any atom is 0.348 e. The average molecular weight is 292 g/mol. The minimum Gasteiger partial charge on any atom is -0.362 e. The first kappa shape index (κ1) is 13.0. The molecule has 0 spiro atoms. The van der Waals surface area contributed by atoms with Gasteiger partial charge < -0.3 is 5.32 Å². The highest BCUT2D eigenvalue weighted by Gasteiger charge is 2.20. The molecule has 0 amide bonds. The minimum atomic E-state index is -0.377. The lowest BCUT2D eigenvalue weighted by atomic mass is 9.88. The number of hydrogen-bond acceptors (Lipinski definition) is 4. The van der Waals surface area contributed by atoms with E-state index in [2.05, 4.69) is 44.5 Å². The lowest BCUT2D eigenvalue weighted by Gasteiger charge is -2.27. The van der Waals surface area contributed by atoms with E-state index in [1.165, 1.54) is 11.1 Å². The second-order valence-electron chi connectivity index (χ2n) is 5.58. The zero-order valence-corrected chi connectivity index (χ0v) is 12.0. The van der Waals surface area contributed by atoms with E-state index in [1.54, 1.807) is 6.20 Å². The maximum absolute atomic E-state index is 11.7. The number of anilines is 1. The van der Waals surface area contributed by atoms with Crippen LogP contribution in [0.15, 0.2) is 47.4 Å². The third kappa shape index (κ3) is 2.24. The molecule has 5 nitrogen and oxygen atoms in total. The molecule has 0 aliphatic heterocycles. The van der Waals surface area contributed by atoms with Gasteiger partial charge in [0.1, 0.15) is 11.5 Å². The zero-order valence-electron chi connectivity index (χ0n) is 12.0. The molecule has 2 aromatic heterocycles. The number of aryl methyl sites for hydroxylation is 1. The van der Waals surface area contributed by atoms with Gasteiger partial charge in [0.25, 0.3) is 0 Å². The molecule has 1 aromatic carbocycles. The predicted molar refractivity (Wildman–Crippen MR) is 85.9 cm³/mol. The van der Waals surface area contributed by atoms with Gasteiger partial charge in [0.15, 0.2) is 0 Å². The van der Waals surface area contributed by atoms with E-state index in [-0.39, 0.29) is 11.7 Å². The third-order valence-electron chi connectivity index (χ3n) is 4.18. The van der Waals surface area contributed by atoms with Crippen LogP contribution in [0, 0.1) is 0 Å². The molecule has 4 rings (SSSR count). The summed E-state index contributed by atoms with van der Waals surface area (Å²) >= 11 is 0. The highest BCUT2D eigenvalue weighted by atomic mass is 16.1. The van der Waals surface area contributed by atoms with Crippen LogP contribution in [0.3, 0.4) is 0 Å². The summed E-state index contributed by atoms with van der Waals surface area (Å²) in [5.41, 5.74) is 2.86. The number of nitrogens with one attached hydrogen (secondary N) is 2. The van der Waals surface area contributed by atoms with Gasteiger partial charge in [0.2, 0.25) is 0 Å². The quantitative estimate of drug-likeness (QED) is 0.762. The Hall–Kier alpha value is -2.69. The standard InChI is InChI=1S/C17H16N4O/c22-17-20-15-13(8-4-10-18-15)16(21-17)19-14-9-3-6-11-5-1-2-7-12(11)14/h1-2,4-5,7-8,10,14H,3,6,9H2,(H2,18,19,20,21,22)/t14-/m1/s1. The number of fused-ring (bicyclic) bond motifs is 2. The van der Waals surface area contributed by atoms with Crippen molar-refractivity contribution in [2.75, 3.05) is 5.32 Å². The molecular formula is C17H16N4O. The Bertz CT molecular complexity index is 887. The molecule has 0 radical (unpaired) electrons. The van der Waals surface area contributed by atoms with Crippen molar-refractivity contribution in [1.82, 2.24) is 15.0 Å². The van der Waals surface area contributed by atoms with E-state index in [0.717, 1.165) is 24.6 Å². The largest absolute Gasteiger partial charge is 0.362 e. The molecule has 22 heavy (non-hydrogen) atoms. The first-order chi connectivity index (χ1) is 10.8. The number of nitrogens with zero attached hydrogens (tertiary/aromatic N) is 2. The molecule has 110 valence electrons. The molecule has 2 heterocycles. The summed E-state index contributed by atoms with van der Waals surface area (Å²) in [5.74, 6) is 0.605. The van der Waals surface area contributed by atoms with Crippen LogP contribution in [0.5, 0.6) is 0 Å². The Labute approximate surface area is 127 Å². The lowest BCUT2D eigenvalue weighted by molar-refractivity contribution is 0.599. The second kappa shape index (κ2) is 5.26. The van der Waals surface area contributed by atoms with Crippen LogP contribution in [-0.2, 0) is 6.42 Å². The van der Waals surface area contributed by atoms with E-state index >= 15 is 0 Å². The zero-order chi connectivity index (χ0) is 14.9. The van der Waals surface area contributed by atoms with Crippen molar-refractivity contribution in [2.24, 2.45) is 0 Å². The van der Waals surface area contributed by atoms with Gasteiger partial charge in [-0.05, 0) is 42.5 Å². The van der Waals surface area contributed by atoms with Gasteiger partial charge in [0.05, 0.1) is 11.4 Å². The van der Waals surface area contributed by atoms with Crippen LogP contribution in [0.25, 0.3) is 11.0 Å². The Morgan fingerprint density at radius 1 is 1.18 bits per heavy atom. The Kier molecular flexibility index (Phi) is 3.11. The SMILES string of the molecule is O=c1nc(N[C@@H]2CCCc3ccccc32)c2cccnc2[nH]1. The summed E-state index contributed by atoms with van der Waals surface area (Å²) in [6.07, 6.45) is 4.94. The Morgan fingerprint density at radius 3 is 3.05 bits per heavy atom. The van der Waals surface area contributed by atoms with Crippen molar-refractivity contribution < 1.29 is 0 Å². The number of H-pyrrole nitrogens is 1. The molecule has 1 atom stereocenters. The fourth-order valence-corrected chi connectivity index (χ4v) is 3.17. The van der Waals surface area contributed by atoms with Crippen molar-refractivity contribution >= 4 is 16.9 Å². The maximum atomic E-state index is 11.7. The fourth-order valence-electron chi connectivity index (χ4n) is 3.17. The fraction of sp³-hybridized carbons (Fsp3) is 0.235. The number of benzene rings is 1. The van der Waals surface area contributed by atoms with Gasteiger partial charge in [-0.3, -0.25) is 4.98 Å². The van der Waals surface area contributed by atoms with E-state index in [4.69, 9.17) is 0 Å². The summed E-state index contributed by atoms with van der Waals surface area (Å²) in [7, 11) is 0. The van der Waals surface area contributed by atoms with Crippen molar-refractivity contribution in [3.63, 3.8) is 0 Å². The van der Waals surface area contributed by atoms with E-state index < -0.39 is 0 Å². The van der Waals surface area contributed by atoms with Crippen molar-refractivity contribution in [2.45, 2.75) is 25.3 Å². The molecule has 0 bridgehead atoms. The first-order valence-corrected chi connectivity index (χ1v) is 7.50. The molecule has 1 aliphatic carbocycles. The summed E-state index contributed by atoms with van der Waals surface area (Å²) in [6.45, 7) is 0. The lowest BCUT2D eigenvalue weighted by Crippen LogP contribution is -2.21. The van der Waals surface area contributed by atoms with Crippen LogP contribution >= 0.6 is 0 Å². The summed E-state index contributed by atoms with van der Waals surface area (Å²) < 4.78 is 0. The van der Waals surface area contributed by atoms with Crippen LogP contribution in [0.1, 0.15) is 30.0 Å². The Balaban J connectivity index is 1.78. The van der Waals surface area contributed by atoms with Crippen molar-refractivity contribution in [1.29, 1.82) is 0 Å². The van der Waals surface area contributed by atoms with E-state index in [9.17, 15) is 4.79 Å². The molecule has 0 saturated heterocycles. The van der Waals surface area contributed by atoms with Gasteiger partial charge in [-0.2, -0.15) is 4.98 Å². The Morgan fingerprint density at radius 2 is 2.09 bits per heavy atom. The minimum absolute atomic E-state index is 0.183. The number of rotatable bonds is 2. The van der Waals surface area contributed by atoms with E-state index in [0.29, 0.717) is 11.5 Å². The number of aromatic nitrogens is 3. The summed E-state index contributed by atoms with van der Waals surface area (Å²) in [5, 5.41) is 4.29. The molecule has 3 aromatic rings. The highest BCUT2D eigenvalue weighted by Crippen LogP contribution is 2.32.